The van der Waals surface area contributed by atoms with Crippen LogP contribution in [0.15, 0.2) is 0 Å². The van der Waals surface area contributed by atoms with Crippen molar-refractivity contribution in [2.24, 2.45) is 0 Å². The van der Waals surface area contributed by atoms with E-state index < -0.39 is 10.4 Å². The Hall–Kier alpha value is -0.170. The molecule has 0 saturated heterocycles. The quantitative estimate of drug-likeness (QED) is 0.525. The van der Waals surface area contributed by atoms with Gasteiger partial charge in [0.2, 0.25) is 0 Å². The molecule has 0 amide bonds. The summed E-state index contributed by atoms with van der Waals surface area (Å²) in [4.78, 5) is 0. The van der Waals surface area contributed by atoms with Gasteiger partial charge in [-0.1, -0.05) is 0 Å². The first-order valence-corrected chi connectivity index (χ1v) is 3.50. The minimum Gasteiger partial charge on any atom is -0.385 e. The Bertz CT molecular complexity index is 115. The third-order valence-corrected chi connectivity index (χ3v) is 0.289. The molecule has 0 heterocycles. The first-order chi connectivity index (χ1) is 3.91. The van der Waals surface area contributed by atoms with E-state index >= 15 is 0 Å². The molecule has 0 radical (unpaired) electrons. The van der Waals surface area contributed by atoms with E-state index in [4.69, 9.17) is 17.5 Å². The molecular formula is C3H10O5S. The summed E-state index contributed by atoms with van der Waals surface area (Å²) in [6, 6.07) is 0. The molecule has 0 bridgehead atoms. The van der Waals surface area contributed by atoms with E-state index in [1.54, 1.807) is 7.11 Å². The highest BCUT2D eigenvalue weighted by Crippen LogP contribution is 1.59. The molecule has 9 heavy (non-hydrogen) atoms. The van der Waals surface area contributed by atoms with Crippen molar-refractivity contribution in [3.63, 3.8) is 0 Å². The first-order valence-electron chi connectivity index (χ1n) is 2.10. The Morgan fingerprint density at radius 2 is 1.56 bits per heavy atom. The zero-order chi connectivity index (χ0) is 7.91. The maximum atomic E-state index is 8.74. The van der Waals surface area contributed by atoms with Crippen LogP contribution in [0.2, 0.25) is 0 Å². The molecule has 0 aliphatic heterocycles. The fourth-order valence-corrected chi connectivity index (χ4v) is 0. The van der Waals surface area contributed by atoms with E-state index in [2.05, 4.69) is 4.74 Å². The second-order valence-corrected chi connectivity index (χ2v) is 1.92. The predicted octanol–water partition coefficient (Wildman–Crippen LogP) is -0.0001000. The number of methoxy groups -OCH3 is 1. The van der Waals surface area contributed by atoms with Gasteiger partial charge in [0, 0.05) is 13.7 Å². The van der Waals surface area contributed by atoms with E-state index in [0.717, 1.165) is 6.61 Å². The zero-order valence-electron chi connectivity index (χ0n) is 5.23. The molecule has 0 fully saturated rings. The van der Waals surface area contributed by atoms with Gasteiger partial charge in [-0.3, -0.25) is 9.11 Å². The molecule has 2 N–H and O–H groups in total. The minimum absolute atomic E-state index is 0.819. The smallest absolute Gasteiger partial charge is 0.385 e. The van der Waals surface area contributed by atoms with E-state index in [-0.39, 0.29) is 0 Å². The fraction of sp³-hybridized carbons (Fsp3) is 1.00. The number of rotatable bonds is 1. The SMILES string of the molecule is CCOC.O=S(=O)(O)O. The molecule has 0 atom stereocenters. The Balaban J connectivity index is 0. The average Bonchev–Trinajstić information content (AvgIpc) is 1.61. The maximum Gasteiger partial charge on any atom is 0.394 e. The highest BCUT2D eigenvalue weighted by atomic mass is 32.3. The van der Waals surface area contributed by atoms with Crippen molar-refractivity contribution in [1.29, 1.82) is 0 Å². The summed E-state index contributed by atoms with van der Waals surface area (Å²) in [5.74, 6) is 0. The lowest BCUT2D eigenvalue weighted by Crippen LogP contribution is -1.89. The molecule has 0 aromatic heterocycles. The van der Waals surface area contributed by atoms with Crippen LogP contribution < -0.4 is 0 Å². The van der Waals surface area contributed by atoms with Crippen LogP contribution in [-0.2, 0) is 15.1 Å². The summed E-state index contributed by atoms with van der Waals surface area (Å²) in [5, 5.41) is 0. The summed E-state index contributed by atoms with van der Waals surface area (Å²) < 4.78 is 36.1. The van der Waals surface area contributed by atoms with E-state index in [1.807, 2.05) is 6.92 Å². The molecule has 0 unspecified atom stereocenters. The molecule has 0 aliphatic rings. The summed E-state index contributed by atoms with van der Waals surface area (Å²) in [6.45, 7) is 2.78. The molecule has 0 aromatic carbocycles. The van der Waals surface area contributed by atoms with Gasteiger partial charge in [-0.25, -0.2) is 0 Å². The second kappa shape index (κ2) is 5.96. The van der Waals surface area contributed by atoms with Crippen molar-refractivity contribution in [1.82, 2.24) is 0 Å². The average molecular weight is 158 g/mol. The normalized spacial score (nSPS) is 9.78. The van der Waals surface area contributed by atoms with Crippen molar-refractivity contribution < 1.29 is 22.3 Å². The van der Waals surface area contributed by atoms with Gasteiger partial charge >= 0.3 is 10.4 Å². The van der Waals surface area contributed by atoms with Crippen LogP contribution in [-0.4, -0.2) is 31.2 Å². The third kappa shape index (κ3) is 386. The molecule has 6 heteroatoms. The topological polar surface area (TPSA) is 83.8 Å². The summed E-state index contributed by atoms with van der Waals surface area (Å²) >= 11 is 0. The van der Waals surface area contributed by atoms with Gasteiger partial charge in [0.15, 0.2) is 0 Å². The number of ether oxygens (including phenoxy) is 1. The predicted molar refractivity (Wildman–Crippen MR) is 31.7 cm³/mol. The van der Waals surface area contributed by atoms with E-state index in [9.17, 15) is 0 Å². The largest absolute Gasteiger partial charge is 0.394 e. The van der Waals surface area contributed by atoms with E-state index in [0.29, 0.717) is 0 Å². The minimum atomic E-state index is -4.67. The van der Waals surface area contributed by atoms with Crippen LogP contribution in [0.4, 0.5) is 0 Å². The Morgan fingerprint density at radius 1 is 1.44 bits per heavy atom. The lowest BCUT2D eigenvalue weighted by molar-refractivity contribution is 0.215. The number of hydrogen-bond acceptors (Lipinski definition) is 3. The van der Waals surface area contributed by atoms with Crippen LogP contribution in [0.5, 0.6) is 0 Å². The molecule has 0 spiro atoms. The van der Waals surface area contributed by atoms with Gasteiger partial charge in [-0.05, 0) is 6.92 Å². The molecular weight excluding hydrogens is 148 g/mol. The van der Waals surface area contributed by atoms with Crippen LogP contribution in [0.1, 0.15) is 6.92 Å². The van der Waals surface area contributed by atoms with E-state index in [1.165, 1.54) is 0 Å². The third-order valence-electron chi connectivity index (χ3n) is 0.289. The van der Waals surface area contributed by atoms with Crippen molar-refractivity contribution in [3.8, 4) is 0 Å². The standard InChI is InChI=1S/C3H8O.H2O4S/c1-3-4-2;1-5(2,3)4/h3H2,1-2H3;(H2,1,2,3,4). The number of hydrogen-bond donors (Lipinski definition) is 2. The summed E-state index contributed by atoms with van der Waals surface area (Å²) in [5.41, 5.74) is 0. The second-order valence-electron chi connectivity index (χ2n) is 1.03. The lowest BCUT2D eigenvalue weighted by atomic mass is 10.9. The maximum absolute atomic E-state index is 8.74. The van der Waals surface area contributed by atoms with Crippen LogP contribution >= 0.6 is 0 Å². The highest BCUT2D eigenvalue weighted by molar-refractivity contribution is 7.79. The zero-order valence-corrected chi connectivity index (χ0v) is 6.05. The van der Waals surface area contributed by atoms with Crippen molar-refractivity contribution in [2.45, 2.75) is 6.92 Å². The van der Waals surface area contributed by atoms with Gasteiger partial charge in [0.25, 0.3) is 0 Å². The molecule has 0 aliphatic carbocycles. The molecule has 0 saturated carbocycles. The Kier molecular flexibility index (Phi) is 7.68. The van der Waals surface area contributed by atoms with Crippen molar-refractivity contribution in [3.05, 3.63) is 0 Å². The van der Waals surface area contributed by atoms with Crippen molar-refractivity contribution in [2.75, 3.05) is 13.7 Å². The fourth-order valence-electron chi connectivity index (χ4n) is 0. The molecule has 58 valence electrons. The highest BCUT2D eigenvalue weighted by Gasteiger charge is 1.84. The molecule has 0 aromatic rings. The van der Waals surface area contributed by atoms with Crippen molar-refractivity contribution >= 4 is 10.4 Å². The van der Waals surface area contributed by atoms with Crippen LogP contribution in [0, 0.1) is 0 Å². The van der Waals surface area contributed by atoms with Gasteiger partial charge in [0.05, 0.1) is 0 Å². The van der Waals surface area contributed by atoms with Gasteiger partial charge in [0.1, 0.15) is 0 Å². The Labute approximate surface area is 54.2 Å². The van der Waals surface area contributed by atoms with Gasteiger partial charge < -0.3 is 4.74 Å². The lowest BCUT2D eigenvalue weighted by Gasteiger charge is -1.76. The van der Waals surface area contributed by atoms with Gasteiger partial charge in [-0.2, -0.15) is 8.42 Å². The molecule has 0 rings (SSSR count). The monoisotopic (exact) mass is 158 g/mol. The van der Waals surface area contributed by atoms with Crippen LogP contribution in [0.25, 0.3) is 0 Å². The Morgan fingerprint density at radius 3 is 1.56 bits per heavy atom. The summed E-state index contributed by atoms with van der Waals surface area (Å²) in [6.07, 6.45) is 0. The molecule has 5 nitrogen and oxygen atoms in total. The first kappa shape index (κ1) is 11.6. The van der Waals surface area contributed by atoms with Gasteiger partial charge in [-0.15, -0.1) is 0 Å². The van der Waals surface area contributed by atoms with Crippen LogP contribution in [0.3, 0.4) is 0 Å². The summed E-state index contributed by atoms with van der Waals surface area (Å²) in [7, 11) is -2.99.